The maximum atomic E-state index is 12.3. The highest BCUT2D eigenvalue weighted by atomic mass is 32.1. The molecule has 0 bridgehead atoms. The number of benzene rings is 1. The molecule has 2 aromatic rings. The van der Waals surface area contributed by atoms with Crippen LogP contribution >= 0.6 is 11.3 Å². The molecule has 112 valence electrons. The zero-order valence-corrected chi connectivity index (χ0v) is 13.4. The molecule has 21 heavy (non-hydrogen) atoms. The summed E-state index contributed by atoms with van der Waals surface area (Å²) in [7, 11) is 3.31. The van der Waals surface area contributed by atoms with E-state index >= 15 is 0 Å². The van der Waals surface area contributed by atoms with Gasteiger partial charge in [0.2, 0.25) is 5.91 Å². The normalized spacial score (nSPS) is 12.2. The minimum Gasteiger partial charge on any atom is -0.397 e. The number of likely N-dealkylation sites (N-methyl/N-ethyl adjacent to an activating group) is 1. The molecular weight excluding hydrogens is 286 g/mol. The Kier molecular flexibility index (Phi) is 4.18. The first-order valence-corrected chi connectivity index (χ1v) is 7.43. The van der Waals surface area contributed by atoms with E-state index in [1.165, 1.54) is 16.2 Å². The smallest absolute Gasteiger partial charge is 0.264 e. The van der Waals surface area contributed by atoms with Gasteiger partial charge in [-0.2, -0.15) is 0 Å². The number of carbonyl (C=O) groups excluding carboxylic acids is 2. The average Bonchev–Trinajstić information content (AvgIpc) is 2.74. The Balaban J connectivity index is 2.28. The Bertz CT molecular complexity index is 706. The Labute approximate surface area is 127 Å². The summed E-state index contributed by atoms with van der Waals surface area (Å²) < 4.78 is 0.976. The van der Waals surface area contributed by atoms with Crippen molar-refractivity contribution in [1.82, 2.24) is 10.2 Å². The molecule has 1 aromatic heterocycles. The number of thiophene rings is 1. The third-order valence-electron chi connectivity index (χ3n) is 3.25. The second-order valence-corrected chi connectivity index (χ2v) is 6.32. The van der Waals surface area contributed by atoms with Crippen molar-refractivity contribution in [3.05, 3.63) is 28.6 Å². The fourth-order valence-corrected chi connectivity index (χ4v) is 3.23. The predicted octanol–water partition coefficient (Wildman–Crippen LogP) is 2.00. The van der Waals surface area contributed by atoms with Gasteiger partial charge < -0.3 is 16.0 Å². The van der Waals surface area contributed by atoms with Gasteiger partial charge in [0.05, 0.1) is 5.69 Å². The summed E-state index contributed by atoms with van der Waals surface area (Å²) in [5.74, 6) is -0.465. The van der Waals surface area contributed by atoms with E-state index in [0.717, 1.165) is 15.6 Å². The quantitative estimate of drug-likeness (QED) is 0.910. The maximum absolute atomic E-state index is 12.3. The summed E-state index contributed by atoms with van der Waals surface area (Å²) in [4.78, 5) is 26.0. The van der Waals surface area contributed by atoms with Crippen LogP contribution in [0.2, 0.25) is 0 Å². The zero-order valence-electron chi connectivity index (χ0n) is 12.6. The number of amides is 2. The van der Waals surface area contributed by atoms with Crippen molar-refractivity contribution in [1.29, 1.82) is 0 Å². The fourth-order valence-electron chi connectivity index (χ4n) is 2.10. The third-order valence-corrected chi connectivity index (χ3v) is 4.42. The largest absolute Gasteiger partial charge is 0.397 e. The van der Waals surface area contributed by atoms with Crippen LogP contribution in [-0.4, -0.2) is 36.9 Å². The van der Waals surface area contributed by atoms with E-state index in [-0.39, 0.29) is 11.8 Å². The van der Waals surface area contributed by atoms with Crippen molar-refractivity contribution in [3.8, 4) is 0 Å². The van der Waals surface area contributed by atoms with E-state index in [4.69, 9.17) is 5.73 Å². The lowest BCUT2D eigenvalue weighted by Crippen LogP contribution is -2.44. The minimum absolute atomic E-state index is 0.154. The lowest BCUT2D eigenvalue weighted by Gasteiger charge is -2.17. The molecule has 0 saturated heterocycles. The van der Waals surface area contributed by atoms with Crippen LogP contribution in [0.3, 0.4) is 0 Å². The van der Waals surface area contributed by atoms with Crippen molar-refractivity contribution < 1.29 is 9.59 Å². The van der Waals surface area contributed by atoms with Crippen LogP contribution in [0.25, 0.3) is 10.1 Å². The number of nitrogens with two attached hydrogens (primary N) is 1. The fraction of sp³-hybridized carbons (Fsp3) is 0.333. The number of nitrogen functional groups attached to an aromatic ring is 1. The van der Waals surface area contributed by atoms with Gasteiger partial charge in [0.1, 0.15) is 10.9 Å². The Morgan fingerprint density at radius 3 is 2.62 bits per heavy atom. The monoisotopic (exact) mass is 305 g/mol. The zero-order chi connectivity index (χ0) is 15.7. The highest BCUT2D eigenvalue weighted by Gasteiger charge is 2.21. The van der Waals surface area contributed by atoms with Gasteiger partial charge in [-0.25, -0.2) is 0 Å². The van der Waals surface area contributed by atoms with Crippen LogP contribution in [-0.2, 0) is 4.79 Å². The molecule has 0 fully saturated rings. The molecule has 0 aliphatic heterocycles. The molecule has 0 aliphatic carbocycles. The number of carbonyl (C=O) groups is 2. The summed E-state index contributed by atoms with van der Waals surface area (Å²) in [5.41, 5.74) is 7.64. The summed E-state index contributed by atoms with van der Waals surface area (Å²) >= 11 is 1.35. The third kappa shape index (κ3) is 3.00. The van der Waals surface area contributed by atoms with Gasteiger partial charge in [0.25, 0.3) is 5.91 Å². The Morgan fingerprint density at radius 1 is 1.33 bits per heavy atom. The van der Waals surface area contributed by atoms with E-state index < -0.39 is 6.04 Å². The molecular formula is C15H19N3O2S. The molecule has 0 saturated carbocycles. The number of nitrogens with one attached hydrogen (secondary N) is 1. The first kappa shape index (κ1) is 15.3. The molecule has 2 rings (SSSR count). The molecule has 0 aliphatic rings. The molecule has 0 radical (unpaired) electrons. The van der Waals surface area contributed by atoms with Gasteiger partial charge in [-0.1, -0.05) is 12.1 Å². The number of nitrogens with zero attached hydrogens (tertiary/aromatic N) is 1. The topological polar surface area (TPSA) is 75.4 Å². The van der Waals surface area contributed by atoms with Crippen LogP contribution < -0.4 is 11.1 Å². The maximum Gasteiger partial charge on any atom is 0.264 e. The predicted molar refractivity (Wildman–Crippen MR) is 86.6 cm³/mol. The van der Waals surface area contributed by atoms with Crippen LogP contribution in [0.15, 0.2) is 18.2 Å². The number of fused-ring (bicyclic) bond motifs is 1. The molecule has 1 atom stereocenters. The molecule has 0 spiro atoms. The van der Waals surface area contributed by atoms with Crippen LogP contribution in [0.5, 0.6) is 0 Å². The molecule has 1 unspecified atom stereocenters. The van der Waals surface area contributed by atoms with Gasteiger partial charge in [-0.05, 0) is 25.5 Å². The molecule has 5 nitrogen and oxygen atoms in total. The number of anilines is 1. The standard InChI is InChI=1S/C15H19N3O2S/c1-8-5-6-10-11(7-8)21-13(12(10)16)14(19)17-9(2)15(20)18(3)4/h5-7,9H,16H2,1-4H3,(H,17,19). The van der Waals surface area contributed by atoms with Crippen molar-refractivity contribution in [3.63, 3.8) is 0 Å². The van der Waals surface area contributed by atoms with Crippen LogP contribution in [0.1, 0.15) is 22.2 Å². The van der Waals surface area contributed by atoms with Gasteiger partial charge in [0.15, 0.2) is 0 Å². The van der Waals surface area contributed by atoms with E-state index in [9.17, 15) is 9.59 Å². The van der Waals surface area contributed by atoms with Crippen molar-refractivity contribution in [2.24, 2.45) is 0 Å². The Morgan fingerprint density at radius 2 is 2.00 bits per heavy atom. The van der Waals surface area contributed by atoms with E-state index in [2.05, 4.69) is 5.32 Å². The number of hydrogen-bond donors (Lipinski definition) is 2. The molecule has 2 amide bonds. The van der Waals surface area contributed by atoms with Crippen molar-refractivity contribution >= 4 is 38.9 Å². The summed E-state index contributed by atoms with van der Waals surface area (Å²) in [6, 6.07) is 5.30. The first-order valence-electron chi connectivity index (χ1n) is 6.62. The van der Waals surface area contributed by atoms with E-state index in [1.807, 2.05) is 25.1 Å². The van der Waals surface area contributed by atoms with Gasteiger partial charge in [-0.15, -0.1) is 11.3 Å². The van der Waals surface area contributed by atoms with Crippen molar-refractivity contribution in [2.75, 3.05) is 19.8 Å². The second-order valence-electron chi connectivity index (χ2n) is 5.27. The lowest BCUT2D eigenvalue weighted by atomic mass is 10.1. The van der Waals surface area contributed by atoms with E-state index in [0.29, 0.717) is 10.6 Å². The van der Waals surface area contributed by atoms with Gasteiger partial charge in [0, 0.05) is 24.2 Å². The summed E-state index contributed by atoms with van der Waals surface area (Å²) in [5, 5.41) is 3.57. The summed E-state index contributed by atoms with van der Waals surface area (Å²) in [6.45, 7) is 3.65. The second kappa shape index (κ2) is 5.73. The highest BCUT2D eigenvalue weighted by molar-refractivity contribution is 7.21. The Hall–Kier alpha value is -2.08. The number of hydrogen-bond acceptors (Lipinski definition) is 4. The van der Waals surface area contributed by atoms with E-state index in [1.54, 1.807) is 21.0 Å². The average molecular weight is 305 g/mol. The number of rotatable bonds is 3. The molecule has 1 aromatic carbocycles. The van der Waals surface area contributed by atoms with Crippen LogP contribution in [0, 0.1) is 6.92 Å². The highest BCUT2D eigenvalue weighted by Crippen LogP contribution is 2.34. The molecule has 3 N–H and O–H groups in total. The number of aryl methyl sites for hydroxylation is 1. The lowest BCUT2D eigenvalue weighted by molar-refractivity contribution is -0.130. The van der Waals surface area contributed by atoms with Crippen molar-refractivity contribution in [2.45, 2.75) is 19.9 Å². The first-order chi connectivity index (χ1) is 9.81. The molecule has 1 heterocycles. The molecule has 6 heteroatoms. The van der Waals surface area contributed by atoms with Gasteiger partial charge >= 0.3 is 0 Å². The van der Waals surface area contributed by atoms with Gasteiger partial charge in [-0.3, -0.25) is 9.59 Å². The minimum atomic E-state index is -0.584. The SMILES string of the molecule is Cc1ccc2c(N)c(C(=O)NC(C)C(=O)N(C)C)sc2c1. The summed E-state index contributed by atoms with van der Waals surface area (Å²) in [6.07, 6.45) is 0. The van der Waals surface area contributed by atoms with Crippen LogP contribution in [0.4, 0.5) is 5.69 Å².